The van der Waals surface area contributed by atoms with Crippen molar-refractivity contribution in [3.63, 3.8) is 0 Å². The van der Waals surface area contributed by atoms with E-state index in [2.05, 4.69) is 20.3 Å². The van der Waals surface area contributed by atoms with E-state index in [0.717, 1.165) is 28.3 Å². The van der Waals surface area contributed by atoms with Crippen molar-refractivity contribution in [1.82, 2.24) is 20.3 Å². The third-order valence-corrected chi connectivity index (χ3v) is 4.08. The number of aromatic nitrogens is 3. The number of fused-ring (bicyclic) bond motifs is 1. The van der Waals surface area contributed by atoms with E-state index in [1.54, 1.807) is 6.20 Å². The molecule has 0 unspecified atom stereocenters. The van der Waals surface area contributed by atoms with Crippen molar-refractivity contribution in [2.75, 3.05) is 0 Å². The maximum absolute atomic E-state index is 12.0. The number of aromatic amines is 1. The molecule has 0 radical (unpaired) electrons. The van der Waals surface area contributed by atoms with E-state index in [1.165, 1.54) is 11.3 Å². The van der Waals surface area contributed by atoms with Crippen LogP contribution in [0.1, 0.15) is 27.4 Å². The Kier molecular flexibility index (Phi) is 3.47. The normalized spacial score (nSPS) is 10.8. The second-order valence-electron chi connectivity index (χ2n) is 4.36. The molecule has 20 heavy (non-hydrogen) atoms. The van der Waals surface area contributed by atoms with Crippen LogP contribution in [-0.4, -0.2) is 20.9 Å². The Bertz CT molecular complexity index is 713. The summed E-state index contributed by atoms with van der Waals surface area (Å²) in [6.07, 6.45) is 2.47. The Morgan fingerprint density at radius 2 is 2.25 bits per heavy atom. The number of carbonyl (C=O) groups excluding carboxylic acids is 1. The van der Waals surface area contributed by atoms with Gasteiger partial charge in [0, 0.05) is 0 Å². The lowest BCUT2D eigenvalue weighted by atomic mass is 10.3. The number of benzene rings is 1. The van der Waals surface area contributed by atoms with Crippen LogP contribution in [-0.2, 0) is 13.0 Å². The number of imidazole rings is 1. The van der Waals surface area contributed by atoms with Crippen molar-refractivity contribution in [3.8, 4) is 0 Å². The van der Waals surface area contributed by atoms with Crippen molar-refractivity contribution in [2.45, 2.75) is 19.9 Å². The molecular formula is C14H14N4OS. The van der Waals surface area contributed by atoms with Gasteiger partial charge in [0.1, 0.15) is 10.7 Å². The average molecular weight is 286 g/mol. The number of hydrogen-bond acceptors (Lipinski definition) is 4. The van der Waals surface area contributed by atoms with E-state index >= 15 is 0 Å². The van der Waals surface area contributed by atoms with E-state index in [9.17, 15) is 4.79 Å². The number of rotatable bonds is 4. The fourth-order valence-corrected chi connectivity index (χ4v) is 2.69. The van der Waals surface area contributed by atoms with Gasteiger partial charge in [-0.05, 0) is 18.6 Å². The molecule has 6 heteroatoms. The highest BCUT2D eigenvalue weighted by Gasteiger charge is 2.10. The molecule has 0 aliphatic heterocycles. The summed E-state index contributed by atoms with van der Waals surface area (Å²) in [6.45, 7) is 2.40. The van der Waals surface area contributed by atoms with Crippen molar-refractivity contribution in [3.05, 3.63) is 46.2 Å². The molecule has 102 valence electrons. The number of thiazole rings is 1. The molecule has 5 nitrogen and oxygen atoms in total. The van der Waals surface area contributed by atoms with Crippen LogP contribution in [0.4, 0.5) is 0 Å². The van der Waals surface area contributed by atoms with E-state index in [-0.39, 0.29) is 5.91 Å². The molecule has 2 aromatic heterocycles. The zero-order valence-corrected chi connectivity index (χ0v) is 11.8. The van der Waals surface area contributed by atoms with Crippen molar-refractivity contribution in [2.24, 2.45) is 0 Å². The molecule has 1 aromatic carbocycles. The monoisotopic (exact) mass is 286 g/mol. The Morgan fingerprint density at radius 1 is 1.40 bits per heavy atom. The third kappa shape index (κ3) is 2.55. The predicted molar refractivity (Wildman–Crippen MR) is 78.8 cm³/mol. The highest BCUT2D eigenvalue weighted by molar-refractivity contribution is 7.13. The molecule has 0 saturated carbocycles. The van der Waals surface area contributed by atoms with Gasteiger partial charge < -0.3 is 10.3 Å². The van der Waals surface area contributed by atoms with Gasteiger partial charge in [-0.3, -0.25) is 4.79 Å². The largest absolute Gasteiger partial charge is 0.344 e. The van der Waals surface area contributed by atoms with Gasteiger partial charge in [-0.2, -0.15) is 0 Å². The SMILES string of the molecule is CCc1ncc(C(=O)NCc2nc3ccccc3[nH]2)s1. The zero-order chi connectivity index (χ0) is 13.9. The quantitative estimate of drug-likeness (QED) is 0.774. The molecule has 2 N–H and O–H groups in total. The molecule has 0 atom stereocenters. The van der Waals surface area contributed by atoms with Gasteiger partial charge in [-0.15, -0.1) is 11.3 Å². The van der Waals surface area contributed by atoms with Gasteiger partial charge in [0.15, 0.2) is 0 Å². The molecular weight excluding hydrogens is 272 g/mol. The third-order valence-electron chi connectivity index (χ3n) is 2.93. The fraction of sp³-hybridized carbons (Fsp3) is 0.214. The van der Waals surface area contributed by atoms with E-state index < -0.39 is 0 Å². The highest BCUT2D eigenvalue weighted by Crippen LogP contribution is 2.14. The molecule has 0 bridgehead atoms. The summed E-state index contributed by atoms with van der Waals surface area (Å²) < 4.78 is 0. The number of para-hydroxylation sites is 2. The first-order valence-corrected chi connectivity index (χ1v) is 7.24. The molecule has 0 spiro atoms. The summed E-state index contributed by atoms with van der Waals surface area (Å²) in [5.41, 5.74) is 1.88. The van der Waals surface area contributed by atoms with Gasteiger partial charge >= 0.3 is 0 Å². The fourth-order valence-electron chi connectivity index (χ4n) is 1.92. The lowest BCUT2D eigenvalue weighted by Gasteiger charge is -1.99. The maximum Gasteiger partial charge on any atom is 0.263 e. The van der Waals surface area contributed by atoms with Gasteiger partial charge in [-0.25, -0.2) is 9.97 Å². The standard InChI is InChI=1S/C14H14N4OS/c1-2-13-15-7-11(20-13)14(19)16-8-12-17-9-5-3-4-6-10(9)18-12/h3-7H,2,8H2,1H3,(H,16,19)(H,17,18). The number of nitrogens with one attached hydrogen (secondary N) is 2. The van der Waals surface area contributed by atoms with Gasteiger partial charge in [0.25, 0.3) is 5.91 Å². The van der Waals surface area contributed by atoms with Crippen LogP contribution in [0.2, 0.25) is 0 Å². The van der Waals surface area contributed by atoms with Crippen LogP contribution < -0.4 is 5.32 Å². The Labute approximate surface area is 120 Å². The Morgan fingerprint density at radius 3 is 3.00 bits per heavy atom. The lowest BCUT2D eigenvalue weighted by molar-refractivity contribution is 0.0954. The van der Waals surface area contributed by atoms with Crippen LogP contribution >= 0.6 is 11.3 Å². The second-order valence-corrected chi connectivity index (χ2v) is 5.47. The number of hydrogen-bond donors (Lipinski definition) is 2. The summed E-state index contributed by atoms with van der Waals surface area (Å²) in [5.74, 6) is 0.641. The van der Waals surface area contributed by atoms with E-state index in [0.29, 0.717) is 11.4 Å². The topological polar surface area (TPSA) is 70.7 Å². The van der Waals surface area contributed by atoms with Crippen molar-refractivity contribution in [1.29, 1.82) is 0 Å². The molecule has 1 amide bonds. The highest BCUT2D eigenvalue weighted by atomic mass is 32.1. The smallest absolute Gasteiger partial charge is 0.263 e. The zero-order valence-electron chi connectivity index (χ0n) is 11.0. The summed E-state index contributed by atoms with van der Waals surface area (Å²) in [7, 11) is 0. The first-order valence-electron chi connectivity index (χ1n) is 6.43. The van der Waals surface area contributed by atoms with Gasteiger partial charge in [0.05, 0.1) is 28.8 Å². The minimum atomic E-state index is -0.109. The molecule has 0 aliphatic rings. The minimum Gasteiger partial charge on any atom is -0.344 e. The summed E-state index contributed by atoms with van der Waals surface area (Å²) >= 11 is 1.43. The molecule has 0 fully saturated rings. The van der Waals surface area contributed by atoms with Crippen LogP contribution in [0.3, 0.4) is 0 Å². The minimum absolute atomic E-state index is 0.109. The average Bonchev–Trinajstić information content (AvgIpc) is 3.10. The second kappa shape index (κ2) is 5.42. The molecule has 3 rings (SSSR count). The molecule has 3 aromatic rings. The molecule has 0 saturated heterocycles. The van der Waals surface area contributed by atoms with Crippen LogP contribution in [0.15, 0.2) is 30.5 Å². The summed E-state index contributed by atoms with van der Waals surface area (Å²) in [6, 6.07) is 7.79. The maximum atomic E-state index is 12.0. The summed E-state index contributed by atoms with van der Waals surface area (Å²) in [5, 5.41) is 3.82. The van der Waals surface area contributed by atoms with Gasteiger partial charge in [0.2, 0.25) is 0 Å². The first-order chi connectivity index (χ1) is 9.76. The number of nitrogens with zero attached hydrogens (tertiary/aromatic N) is 2. The lowest BCUT2D eigenvalue weighted by Crippen LogP contribution is -2.22. The molecule has 2 heterocycles. The number of amides is 1. The number of carbonyl (C=O) groups is 1. The van der Waals surface area contributed by atoms with Crippen molar-refractivity contribution < 1.29 is 4.79 Å². The van der Waals surface area contributed by atoms with Crippen molar-refractivity contribution >= 4 is 28.3 Å². The number of aryl methyl sites for hydroxylation is 1. The van der Waals surface area contributed by atoms with Crippen LogP contribution in [0, 0.1) is 0 Å². The Hall–Kier alpha value is -2.21. The first kappa shape index (κ1) is 12.8. The predicted octanol–water partition coefficient (Wildman–Crippen LogP) is 2.51. The number of H-pyrrole nitrogens is 1. The van der Waals surface area contributed by atoms with E-state index in [4.69, 9.17) is 0 Å². The Balaban J connectivity index is 1.68. The molecule has 0 aliphatic carbocycles. The van der Waals surface area contributed by atoms with Crippen LogP contribution in [0.25, 0.3) is 11.0 Å². The van der Waals surface area contributed by atoms with Gasteiger partial charge in [-0.1, -0.05) is 19.1 Å². The van der Waals surface area contributed by atoms with Crippen LogP contribution in [0.5, 0.6) is 0 Å². The summed E-state index contributed by atoms with van der Waals surface area (Å²) in [4.78, 5) is 24.4. The van der Waals surface area contributed by atoms with E-state index in [1.807, 2.05) is 31.2 Å².